The van der Waals surface area contributed by atoms with Crippen LogP contribution in [0.4, 0.5) is 0 Å². The fourth-order valence-corrected chi connectivity index (χ4v) is 9.10. The van der Waals surface area contributed by atoms with Gasteiger partial charge in [-0.2, -0.15) is 0 Å². The van der Waals surface area contributed by atoms with E-state index in [-0.39, 0.29) is 4.87 Å². The van der Waals surface area contributed by atoms with E-state index in [2.05, 4.69) is 0 Å². The molecule has 2 unspecified atom stereocenters. The maximum Gasteiger partial charge on any atom is 0.0516 e. The minimum absolute atomic E-state index is 0.234. The second-order valence-electron chi connectivity index (χ2n) is 8.70. The Morgan fingerprint density at radius 1 is 0.684 bits per heavy atom. The molecule has 6 fully saturated rings. The molecule has 19 heavy (non-hydrogen) atoms. The molecule has 0 aromatic carbocycles. The van der Waals surface area contributed by atoms with Gasteiger partial charge in [0, 0.05) is 0 Å². The van der Waals surface area contributed by atoms with E-state index in [1.54, 1.807) is 12.8 Å². The van der Waals surface area contributed by atoms with Gasteiger partial charge in [-0.05, 0) is 92.8 Å². The highest BCUT2D eigenvalue weighted by Crippen LogP contribution is 2.75. The molecule has 0 heterocycles. The van der Waals surface area contributed by atoms with Crippen molar-refractivity contribution in [3.63, 3.8) is 0 Å². The number of alkyl halides is 1. The van der Waals surface area contributed by atoms with Gasteiger partial charge in [0.2, 0.25) is 0 Å². The lowest BCUT2D eigenvalue weighted by Gasteiger charge is -2.72. The molecule has 106 valence electrons. The molecule has 0 aromatic rings. The van der Waals surface area contributed by atoms with Crippen LogP contribution in [0.15, 0.2) is 0 Å². The zero-order valence-corrected chi connectivity index (χ0v) is 12.8. The second-order valence-corrected chi connectivity index (χ2v) is 9.42. The minimum Gasteiger partial charge on any atom is -0.119 e. The molecule has 0 saturated heterocycles. The third-order valence-corrected chi connectivity index (χ3v) is 8.78. The molecule has 6 bridgehead atoms. The van der Waals surface area contributed by atoms with Crippen LogP contribution < -0.4 is 0 Å². The van der Waals surface area contributed by atoms with Crippen molar-refractivity contribution in [2.45, 2.75) is 75.5 Å². The first-order valence-electron chi connectivity index (χ1n) is 8.91. The Kier molecular flexibility index (Phi) is 2.34. The van der Waals surface area contributed by atoms with E-state index in [0.717, 1.165) is 29.6 Å². The van der Waals surface area contributed by atoms with Crippen LogP contribution in [0.2, 0.25) is 0 Å². The summed E-state index contributed by atoms with van der Waals surface area (Å²) in [7, 11) is 0. The van der Waals surface area contributed by atoms with E-state index in [1.165, 1.54) is 57.8 Å². The van der Waals surface area contributed by atoms with Crippen molar-refractivity contribution in [3.8, 4) is 0 Å². The number of halogens is 1. The molecule has 0 nitrogen and oxygen atoms in total. The van der Waals surface area contributed by atoms with Gasteiger partial charge in [-0.25, -0.2) is 0 Å². The van der Waals surface area contributed by atoms with Gasteiger partial charge in [0.1, 0.15) is 0 Å². The highest BCUT2D eigenvalue weighted by molar-refractivity contribution is 6.24. The standard InChI is InChI=1S/C18H27Cl/c19-17-10-12-7-13(11-17)9-16(8-12)18(17)14-3-1-4-15(18)6-2-5-14/h12-16H,1-11H2/t12-,13+,14?,15?,16?,17?,18?. The average Bonchev–Trinajstić information content (AvgIpc) is 2.34. The smallest absolute Gasteiger partial charge is 0.0516 e. The molecular formula is C18H27Cl. The summed E-state index contributed by atoms with van der Waals surface area (Å²) in [6, 6.07) is 0. The van der Waals surface area contributed by atoms with Gasteiger partial charge < -0.3 is 0 Å². The number of hydrogen-bond donors (Lipinski definition) is 0. The van der Waals surface area contributed by atoms with E-state index >= 15 is 0 Å². The van der Waals surface area contributed by atoms with Crippen molar-refractivity contribution in [2.75, 3.05) is 0 Å². The first kappa shape index (κ1) is 11.9. The van der Waals surface area contributed by atoms with Crippen molar-refractivity contribution >= 4 is 11.6 Å². The van der Waals surface area contributed by atoms with Gasteiger partial charge in [-0.3, -0.25) is 0 Å². The topological polar surface area (TPSA) is 0 Å². The Morgan fingerprint density at radius 2 is 1.21 bits per heavy atom. The highest BCUT2D eigenvalue weighted by Gasteiger charge is 2.70. The van der Waals surface area contributed by atoms with Crippen molar-refractivity contribution in [3.05, 3.63) is 0 Å². The first-order chi connectivity index (χ1) is 9.22. The van der Waals surface area contributed by atoms with Crippen LogP contribution in [0, 0.1) is 35.0 Å². The Hall–Kier alpha value is 0.290. The fraction of sp³-hybridized carbons (Fsp3) is 1.00. The molecule has 6 aliphatic rings. The second kappa shape index (κ2) is 3.73. The number of hydrogen-bond acceptors (Lipinski definition) is 0. The van der Waals surface area contributed by atoms with Crippen LogP contribution in [0.3, 0.4) is 0 Å². The molecule has 0 N–H and O–H groups in total. The molecule has 6 saturated carbocycles. The van der Waals surface area contributed by atoms with Crippen molar-refractivity contribution in [1.82, 2.24) is 0 Å². The molecule has 4 atom stereocenters. The zero-order chi connectivity index (χ0) is 12.7. The van der Waals surface area contributed by atoms with Crippen LogP contribution in [0.1, 0.15) is 70.6 Å². The summed E-state index contributed by atoms with van der Waals surface area (Å²) in [5, 5.41) is 0. The van der Waals surface area contributed by atoms with Crippen LogP contribution >= 0.6 is 11.6 Å². The molecule has 1 heteroatoms. The van der Waals surface area contributed by atoms with Crippen LogP contribution in [0.5, 0.6) is 0 Å². The van der Waals surface area contributed by atoms with Crippen LogP contribution in [-0.2, 0) is 0 Å². The van der Waals surface area contributed by atoms with Gasteiger partial charge in [-0.15, -0.1) is 11.6 Å². The first-order valence-corrected chi connectivity index (χ1v) is 9.29. The van der Waals surface area contributed by atoms with Crippen LogP contribution in [0.25, 0.3) is 0 Å². The fourth-order valence-electron chi connectivity index (χ4n) is 8.20. The predicted molar refractivity (Wildman–Crippen MR) is 79.3 cm³/mol. The monoisotopic (exact) mass is 278 g/mol. The molecular weight excluding hydrogens is 252 g/mol. The van der Waals surface area contributed by atoms with Gasteiger partial charge in [-0.1, -0.05) is 12.8 Å². The summed E-state index contributed by atoms with van der Waals surface area (Å²) in [5.74, 6) is 5.03. The third-order valence-electron chi connectivity index (χ3n) is 8.14. The van der Waals surface area contributed by atoms with Gasteiger partial charge in [0.15, 0.2) is 0 Å². The van der Waals surface area contributed by atoms with E-state index in [4.69, 9.17) is 11.6 Å². The molecule has 1 spiro atoms. The Morgan fingerprint density at radius 3 is 1.68 bits per heavy atom. The zero-order valence-electron chi connectivity index (χ0n) is 12.0. The normalized spacial score (nSPS) is 62.7. The van der Waals surface area contributed by atoms with E-state index < -0.39 is 0 Å². The summed E-state index contributed by atoms with van der Waals surface area (Å²) in [6.45, 7) is 0. The average molecular weight is 279 g/mol. The van der Waals surface area contributed by atoms with Gasteiger partial charge in [0.25, 0.3) is 0 Å². The predicted octanol–water partition coefficient (Wildman–Crippen LogP) is 5.39. The van der Waals surface area contributed by atoms with Crippen LogP contribution in [-0.4, -0.2) is 4.87 Å². The molecule has 6 rings (SSSR count). The lowest BCUT2D eigenvalue weighted by molar-refractivity contribution is -0.188. The van der Waals surface area contributed by atoms with Gasteiger partial charge >= 0.3 is 0 Å². The SMILES string of the molecule is ClC12C[C@@H]3CC(C[C@@H](C3)C1)C21C2CCCC1CCC2. The molecule has 0 aliphatic heterocycles. The summed E-state index contributed by atoms with van der Waals surface area (Å²) >= 11 is 7.47. The lowest BCUT2D eigenvalue weighted by atomic mass is 9.35. The molecule has 6 aliphatic carbocycles. The molecule has 0 amide bonds. The minimum atomic E-state index is 0.234. The summed E-state index contributed by atoms with van der Waals surface area (Å²) in [6.07, 6.45) is 16.4. The summed E-state index contributed by atoms with van der Waals surface area (Å²) in [5.41, 5.74) is 0.596. The maximum absolute atomic E-state index is 7.47. The van der Waals surface area contributed by atoms with E-state index in [1.807, 2.05) is 0 Å². The van der Waals surface area contributed by atoms with E-state index in [9.17, 15) is 0 Å². The maximum atomic E-state index is 7.47. The summed E-state index contributed by atoms with van der Waals surface area (Å²) < 4.78 is 0. The largest absolute Gasteiger partial charge is 0.119 e. The quantitative estimate of drug-likeness (QED) is 0.521. The Labute approximate surface area is 122 Å². The van der Waals surface area contributed by atoms with Crippen molar-refractivity contribution in [2.24, 2.45) is 35.0 Å². The summed E-state index contributed by atoms with van der Waals surface area (Å²) in [4.78, 5) is 0.234. The van der Waals surface area contributed by atoms with Crippen molar-refractivity contribution < 1.29 is 0 Å². The van der Waals surface area contributed by atoms with E-state index in [0.29, 0.717) is 5.41 Å². The van der Waals surface area contributed by atoms with Gasteiger partial charge in [0.05, 0.1) is 4.87 Å². The van der Waals surface area contributed by atoms with Crippen molar-refractivity contribution in [1.29, 1.82) is 0 Å². The Balaban J connectivity index is 1.66. The molecule has 0 aromatic heterocycles. The number of rotatable bonds is 0. The lowest BCUT2D eigenvalue weighted by Crippen LogP contribution is -2.68. The highest BCUT2D eigenvalue weighted by atomic mass is 35.5. The third kappa shape index (κ3) is 1.29. The molecule has 0 radical (unpaired) electrons. The Bertz CT molecular complexity index is 364.